The van der Waals surface area contributed by atoms with Crippen LogP contribution in [0.15, 0.2) is 30.3 Å². The fraction of sp³-hybridized carbons (Fsp3) is 0.286. The Labute approximate surface area is 116 Å². The number of aromatic nitrogens is 1. The van der Waals surface area contributed by atoms with Gasteiger partial charge in [0.25, 0.3) is 0 Å². The maximum atomic E-state index is 12.1. The molecule has 0 bridgehead atoms. The monoisotopic (exact) mass is 276 g/mol. The molecule has 1 aromatic carbocycles. The molecule has 0 saturated heterocycles. The van der Waals surface area contributed by atoms with Gasteiger partial charge in [0.15, 0.2) is 0 Å². The molecule has 2 aromatic rings. The van der Waals surface area contributed by atoms with E-state index in [0.717, 1.165) is 10.6 Å². The summed E-state index contributed by atoms with van der Waals surface area (Å²) in [6.45, 7) is 3.99. The van der Waals surface area contributed by atoms with Crippen LogP contribution in [0.2, 0.25) is 0 Å². The summed E-state index contributed by atoms with van der Waals surface area (Å²) in [5.41, 5.74) is 7.17. The molecule has 0 saturated carbocycles. The van der Waals surface area contributed by atoms with Gasteiger partial charge in [-0.1, -0.05) is 30.3 Å². The van der Waals surface area contributed by atoms with Gasteiger partial charge in [0.1, 0.15) is 16.0 Å². The maximum Gasteiger partial charge on any atom is 0.350 e. The maximum absolute atomic E-state index is 12.1. The number of thiazole rings is 1. The van der Waals surface area contributed by atoms with Crippen LogP contribution in [0.4, 0.5) is 0 Å². The van der Waals surface area contributed by atoms with E-state index in [1.807, 2.05) is 37.3 Å². The molecule has 0 amide bonds. The molecule has 1 unspecified atom stereocenters. The van der Waals surface area contributed by atoms with Crippen molar-refractivity contribution in [1.82, 2.24) is 4.98 Å². The minimum absolute atomic E-state index is 0.281. The highest BCUT2D eigenvalue weighted by Crippen LogP contribution is 2.23. The number of carbonyl (C=O) groups is 1. The third kappa shape index (κ3) is 3.19. The first-order valence-electron chi connectivity index (χ1n) is 6.04. The minimum Gasteiger partial charge on any atom is -0.454 e. The second-order valence-electron chi connectivity index (χ2n) is 4.18. The van der Waals surface area contributed by atoms with Gasteiger partial charge in [-0.15, -0.1) is 11.3 Å². The van der Waals surface area contributed by atoms with Crippen molar-refractivity contribution in [1.29, 1.82) is 0 Å². The van der Waals surface area contributed by atoms with Crippen LogP contribution in [0.25, 0.3) is 0 Å². The number of aryl methyl sites for hydroxylation is 1. The van der Waals surface area contributed by atoms with E-state index in [1.54, 1.807) is 6.92 Å². The van der Waals surface area contributed by atoms with Crippen molar-refractivity contribution in [3.8, 4) is 0 Å². The summed E-state index contributed by atoms with van der Waals surface area (Å²) in [4.78, 5) is 16.8. The summed E-state index contributed by atoms with van der Waals surface area (Å²) in [5.74, 6) is -0.342. The lowest BCUT2D eigenvalue weighted by Crippen LogP contribution is -2.08. The van der Waals surface area contributed by atoms with E-state index in [9.17, 15) is 4.79 Å². The van der Waals surface area contributed by atoms with Crippen molar-refractivity contribution >= 4 is 17.3 Å². The van der Waals surface area contributed by atoms with Crippen molar-refractivity contribution in [3.05, 3.63) is 51.5 Å². The van der Waals surface area contributed by atoms with Gasteiger partial charge < -0.3 is 10.5 Å². The average Bonchev–Trinajstić information content (AvgIpc) is 2.81. The van der Waals surface area contributed by atoms with E-state index < -0.39 is 0 Å². The highest BCUT2D eigenvalue weighted by molar-refractivity contribution is 7.13. The molecule has 0 aliphatic heterocycles. The first-order valence-corrected chi connectivity index (χ1v) is 6.85. The molecular formula is C14H16N2O2S. The summed E-state index contributed by atoms with van der Waals surface area (Å²) in [6.07, 6.45) is -0.281. The summed E-state index contributed by atoms with van der Waals surface area (Å²) in [7, 11) is 0. The Hall–Kier alpha value is -1.72. The van der Waals surface area contributed by atoms with E-state index in [0.29, 0.717) is 17.1 Å². The summed E-state index contributed by atoms with van der Waals surface area (Å²) in [6, 6.07) is 9.64. The van der Waals surface area contributed by atoms with E-state index in [4.69, 9.17) is 10.5 Å². The fourth-order valence-electron chi connectivity index (χ4n) is 1.74. The van der Waals surface area contributed by atoms with Crippen molar-refractivity contribution in [2.24, 2.45) is 5.73 Å². The smallest absolute Gasteiger partial charge is 0.350 e. The SMILES string of the molecule is Cc1nc(CN)sc1C(=O)OC(C)c1ccccc1. The second kappa shape index (κ2) is 5.95. The Bertz CT molecular complexity index is 566. The van der Waals surface area contributed by atoms with Gasteiger partial charge in [-0.05, 0) is 19.4 Å². The second-order valence-corrected chi connectivity index (χ2v) is 5.27. The number of nitrogens with two attached hydrogens (primary N) is 1. The number of ether oxygens (including phenoxy) is 1. The zero-order chi connectivity index (χ0) is 13.8. The van der Waals surface area contributed by atoms with Gasteiger partial charge >= 0.3 is 5.97 Å². The van der Waals surface area contributed by atoms with Gasteiger partial charge in [0, 0.05) is 6.54 Å². The highest BCUT2D eigenvalue weighted by atomic mass is 32.1. The summed E-state index contributed by atoms with van der Waals surface area (Å²) in [5, 5.41) is 0.747. The molecule has 2 N–H and O–H groups in total. The highest BCUT2D eigenvalue weighted by Gasteiger charge is 2.19. The molecule has 1 atom stereocenters. The van der Waals surface area contributed by atoms with Crippen LogP contribution in [0.1, 0.15) is 39.0 Å². The van der Waals surface area contributed by atoms with E-state index in [-0.39, 0.29) is 12.1 Å². The molecule has 1 aromatic heterocycles. The van der Waals surface area contributed by atoms with E-state index in [2.05, 4.69) is 4.98 Å². The first-order chi connectivity index (χ1) is 9.11. The molecular weight excluding hydrogens is 260 g/mol. The van der Waals surface area contributed by atoms with Crippen LogP contribution < -0.4 is 5.73 Å². The lowest BCUT2D eigenvalue weighted by molar-refractivity contribution is 0.0342. The summed E-state index contributed by atoms with van der Waals surface area (Å²) < 4.78 is 5.45. The number of hydrogen-bond acceptors (Lipinski definition) is 5. The predicted octanol–water partition coefficient (Wildman–Crippen LogP) is 2.83. The van der Waals surface area contributed by atoms with E-state index in [1.165, 1.54) is 11.3 Å². The Morgan fingerprint density at radius 2 is 2.11 bits per heavy atom. The number of carbonyl (C=O) groups excluding carboxylic acids is 1. The number of benzene rings is 1. The van der Waals surface area contributed by atoms with Gasteiger partial charge in [-0.25, -0.2) is 9.78 Å². The lowest BCUT2D eigenvalue weighted by Gasteiger charge is -2.12. The number of hydrogen-bond donors (Lipinski definition) is 1. The van der Waals surface area contributed by atoms with Crippen LogP contribution >= 0.6 is 11.3 Å². The molecule has 19 heavy (non-hydrogen) atoms. The van der Waals surface area contributed by atoms with Crippen molar-refractivity contribution < 1.29 is 9.53 Å². The Morgan fingerprint density at radius 1 is 1.42 bits per heavy atom. The largest absolute Gasteiger partial charge is 0.454 e. The van der Waals surface area contributed by atoms with Crippen molar-refractivity contribution in [3.63, 3.8) is 0 Å². The quantitative estimate of drug-likeness (QED) is 0.872. The first kappa shape index (κ1) is 13.7. The molecule has 100 valence electrons. The van der Waals surface area contributed by atoms with Gasteiger partial charge in [0.2, 0.25) is 0 Å². The number of nitrogens with zero attached hydrogens (tertiary/aromatic N) is 1. The fourth-order valence-corrected chi connectivity index (χ4v) is 2.56. The third-order valence-electron chi connectivity index (χ3n) is 2.75. The van der Waals surface area contributed by atoms with Crippen LogP contribution in [0.3, 0.4) is 0 Å². The lowest BCUT2D eigenvalue weighted by atomic mass is 10.1. The molecule has 0 radical (unpaired) electrons. The molecule has 5 heteroatoms. The molecule has 0 aliphatic rings. The molecule has 2 rings (SSSR count). The standard InChI is InChI=1S/C14H16N2O2S/c1-9-13(19-12(8-15)16-9)14(17)18-10(2)11-6-4-3-5-7-11/h3-7,10H,8,15H2,1-2H3. The normalized spacial score (nSPS) is 12.2. The zero-order valence-corrected chi connectivity index (χ0v) is 11.7. The Morgan fingerprint density at radius 3 is 2.68 bits per heavy atom. The Balaban J connectivity index is 2.10. The molecule has 0 spiro atoms. The van der Waals surface area contributed by atoms with Crippen LogP contribution in [0, 0.1) is 6.92 Å². The zero-order valence-electron chi connectivity index (χ0n) is 10.9. The Kier molecular flexibility index (Phi) is 4.29. The predicted molar refractivity (Wildman–Crippen MR) is 75.0 cm³/mol. The van der Waals surface area contributed by atoms with E-state index >= 15 is 0 Å². The van der Waals surface area contributed by atoms with Crippen LogP contribution in [-0.4, -0.2) is 11.0 Å². The molecule has 0 aliphatic carbocycles. The third-order valence-corrected chi connectivity index (χ3v) is 3.91. The van der Waals surface area contributed by atoms with Gasteiger partial charge in [-0.3, -0.25) is 0 Å². The molecule has 4 nitrogen and oxygen atoms in total. The summed E-state index contributed by atoms with van der Waals surface area (Å²) >= 11 is 1.29. The van der Waals surface area contributed by atoms with Crippen molar-refractivity contribution in [2.75, 3.05) is 0 Å². The average molecular weight is 276 g/mol. The van der Waals surface area contributed by atoms with Crippen molar-refractivity contribution in [2.45, 2.75) is 26.5 Å². The van der Waals surface area contributed by atoms with Gasteiger partial charge in [-0.2, -0.15) is 0 Å². The number of esters is 1. The molecule has 0 fully saturated rings. The topological polar surface area (TPSA) is 65.2 Å². The van der Waals surface area contributed by atoms with Crippen LogP contribution in [-0.2, 0) is 11.3 Å². The van der Waals surface area contributed by atoms with Crippen LogP contribution in [0.5, 0.6) is 0 Å². The van der Waals surface area contributed by atoms with Gasteiger partial charge in [0.05, 0.1) is 5.69 Å². The molecule has 1 heterocycles. The number of rotatable bonds is 4. The minimum atomic E-state index is -0.342.